The summed E-state index contributed by atoms with van der Waals surface area (Å²) in [6, 6.07) is 6.73. The molecule has 0 saturated heterocycles. The predicted octanol–water partition coefficient (Wildman–Crippen LogP) is 3.36. The second-order valence-corrected chi connectivity index (χ2v) is 8.22. The van der Waals surface area contributed by atoms with Gasteiger partial charge in [-0.15, -0.1) is 0 Å². The molecule has 0 nitrogen and oxygen atoms in total. The van der Waals surface area contributed by atoms with Crippen LogP contribution in [-0.2, 0) is 0 Å². The summed E-state index contributed by atoms with van der Waals surface area (Å²) >= 11 is 0. The van der Waals surface area contributed by atoms with E-state index in [1.807, 2.05) is 0 Å². The van der Waals surface area contributed by atoms with Crippen molar-refractivity contribution in [2.75, 3.05) is 18.8 Å². The largest absolute Gasteiger partial charge is 0.223 e. The lowest BCUT2D eigenvalue weighted by Gasteiger charge is -2.28. The summed E-state index contributed by atoms with van der Waals surface area (Å²) < 4.78 is 0. The van der Waals surface area contributed by atoms with Gasteiger partial charge in [-0.05, 0) is 49.1 Å². The molecule has 0 aliphatic heterocycles. The Morgan fingerprint density at radius 2 is 1.58 bits per heavy atom. The number of rotatable bonds is 1. The zero-order chi connectivity index (χ0) is 9.35. The lowest BCUT2D eigenvalue weighted by Crippen LogP contribution is -1.96. The highest BCUT2D eigenvalue weighted by atomic mass is 32.3. The van der Waals surface area contributed by atoms with Gasteiger partial charge in [0.1, 0.15) is 0 Å². The Balaban J connectivity index is 3.23. The number of hydrogen-bond acceptors (Lipinski definition) is 0. The third-order valence-corrected chi connectivity index (χ3v) is 3.76. The molecule has 0 aromatic heterocycles. The predicted molar refractivity (Wildman–Crippen MR) is 59.5 cm³/mol. The fourth-order valence-corrected chi connectivity index (χ4v) is 2.94. The van der Waals surface area contributed by atoms with E-state index in [1.165, 1.54) is 11.1 Å². The highest BCUT2D eigenvalue weighted by Crippen LogP contribution is 2.46. The fraction of sp³-hybridized carbons (Fsp3) is 0.455. The molecule has 0 fully saturated rings. The SMILES string of the molecule is Cc1ccc(C)c(S(C)(C)C)c1. The van der Waals surface area contributed by atoms with Gasteiger partial charge >= 0.3 is 0 Å². The highest BCUT2D eigenvalue weighted by molar-refractivity contribution is 8.32. The van der Waals surface area contributed by atoms with Crippen molar-refractivity contribution in [2.24, 2.45) is 0 Å². The molecule has 0 aliphatic rings. The van der Waals surface area contributed by atoms with E-state index in [4.69, 9.17) is 0 Å². The standard InChI is InChI=1S/C11H18S/c1-9-6-7-10(2)11(8-9)12(3,4)5/h6-8H,1-5H3. The third-order valence-electron chi connectivity index (χ3n) is 2.00. The second-order valence-electron chi connectivity index (χ2n) is 4.11. The van der Waals surface area contributed by atoms with Crippen LogP contribution in [0.3, 0.4) is 0 Å². The van der Waals surface area contributed by atoms with Gasteiger partial charge in [0.25, 0.3) is 0 Å². The molecule has 68 valence electrons. The van der Waals surface area contributed by atoms with Crippen LogP contribution in [0.5, 0.6) is 0 Å². The van der Waals surface area contributed by atoms with E-state index in [1.54, 1.807) is 4.90 Å². The summed E-state index contributed by atoms with van der Waals surface area (Å²) in [5.74, 6) is 0. The van der Waals surface area contributed by atoms with Crippen molar-refractivity contribution in [3.05, 3.63) is 29.3 Å². The lowest BCUT2D eigenvalue weighted by molar-refractivity contribution is 1.25. The van der Waals surface area contributed by atoms with Crippen molar-refractivity contribution in [3.63, 3.8) is 0 Å². The normalized spacial score (nSPS) is 13.1. The molecule has 0 aliphatic carbocycles. The molecule has 0 bridgehead atoms. The van der Waals surface area contributed by atoms with E-state index < -0.39 is 10.0 Å². The van der Waals surface area contributed by atoms with Crippen LogP contribution in [-0.4, -0.2) is 18.8 Å². The maximum absolute atomic E-state index is 2.34. The Hall–Kier alpha value is -0.430. The quantitative estimate of drug-likeness (QED) is 0.625. The van der Waals surface area contributed by atoms with E-state index in [0.717, 1.165) is 0 Å². The van der Waals surface area contributed by atoms with Gasteiger partial charge in [-0.1, -0.05) is 17.7 Å². The molecule has 0 spiro atoms. The molecule has 0 heterocycles. The molecule has 0 radical (unpaired) electrons. The van der Waals surface area contributed by atoms with Crippen molar-refractivity contribution < 1.29 is 0 Å². The van der Waals surface area contributed by atoms with Crippen LogP contribution < -0.4 is 0 Å². The molecule has 1 aromatic rings. The van der Waals surface area contributed by atoms with E-state index >= 15 is 0 Å². The van der Waals surface area contributed by atoms with Gasteiger partial charge in [-0.25, -0.2) is 10.0 Å². The molecule has 1 rings (SSSR count). The van der Waals surface area contributed by atoms with Gasteiger partial charge in [0, 0.05) is 0 Å². The Morgan fingerprint density at radius 1 is 1.00 bits per heavy atom. The number of aryl methyl sites for hydroxylation is 2. The summed E-state index contributed by atoms with van der Waals surface area (Å²) in [5.41, 5.74) is 2.81. The van der Waals surface area contributed by atoms with Gasteiger partial charge in [0.2, 0.25) is 0 Å². The summed E-state index contributed by atoms with van der Waals surface area (Å²) in [4.78, 5) is 1.54. The molecule has 0 N–H and O–H groups in total. The van der Waals surface area contributed by atoms with Crippen molar-refractivity contribution >= 4 is 10.0 Å². The first kappa shape index (κ1) is 9.66. The summed E-state index contributed by atoms with van der Waals surface area (Å²) in [6.45, 7) is 4.36. The van der Waals surface area contributed by atoms with Crippen LogP contribution >= 0.6 is 10.0 Å². The van der Waals surface area contributed by atoms with Gasteiger partial charge in [-0.3, -0.25) is 0 Å². The minimum atomic E-state index is -0.556. The minimum absolute atomic E-state index is 0.556. The Labute approximate surface area is 77.3 Å². The maximum Gasteiger partial charge on any atom is -0.00743 e. The van der Waals surface area contributed by atoms with Crippen molar-refractivity contribution in [1.29, 1.82) is 0 Å². The maximum atomic E-state index is 2.34. The molecule has 0 amide bonds. The van der Waals surface area contributed by atoms with E-state index in [0.29, 0.717) is 0 Å². The molecular weight excluding hydrogens is 164 g/mol. The van der Waals surface area contributed by atoms with Gasteiger partial charge in [-0.2, -0.15) is 0 Å². The minimum Gasteiger partial charge on any atom is -0.223 e. The molecule has 12 heavy (non-hydrogen) atoms. The Kier molecular flexibility index (Phi) is 2.52. The monoisotopic (exact) mass is 182 g/mol. The second kappa shape index (κ2) is 3.14. The van der Waals surface area contributed by atoms with Gasteiger partial charge in [0.15, 0.2) is 0 Å². The van der Waals surface area contributed by atoms with E-state index in [-0.39, 0.29) is 0 Å². The highest BCUT2D eigenvalue weighted by Gasteiger charge is 2.10. The average molecular weight is 182 g/mol. The third kappa shape index (κ3) is 2.04. The fourth-order valence-electron chi connectivity index (χ4n) is 1.37. The van der Waals surface area contributed by atoms with Crippen LogP contribution in [0.1, 0.15) is 11.1 Å². The van der Waals surface area contributed by atoms with Crippen molar-refractivity contribution in [2.45, 2.75) is 18.7 Å². The van der Waals surface area contributed by atoms with Crippen LogP contribution in [0.15, 0.2) is 23.1 Å². The van der Waals surface area contributed by atoms with Gasteiger partial charge in [0.05, 0.1) is 0 Å². The zero-order valence-corrected chi connectivity index (χ0v) is 9.46. The summed E-state index contributed by atoms with van der Waals surface area (Å²) in [6.07, 6.45) is 7.03. The molecule has 0 unspecified atom stereocenters. The molecule has 1 heteroatoms. The van der Waals surface area contributed by atoms with Crippen LogP contribution in [0, 0.1) is 13.8 Å². The average Bonchev–Trinajstić information content (AvgIpc) is 1.92. The first-order valence-corrected chi connectivity index (χ1v) is 7.02. The number of benzene rings is 1. The molecular formula is C11H18S. The first-order chi connectivity index (χ1) is 5.41. The molecule has 0 atom stereocenters. The van der Waals surface area contributed by atoms with Gasteiger partial charge < -0.3 is 0 Å². The lowest BCUT2D eigenvalue weighted by atomic mass is 10.2. The number of hydrogen-bond donors (Lipinski definition) is 0. The molecule has 1 aromatic carbocycles. The smallest absolute Gasteiger partial charge is 0.00743 e. The van der Waals surface area contributed by atoms with Crippen LogP contribution in [0.2, 0.25) is 0 Å². The molecule has 0 saturated carbocycles. The van der Waals surface area contributed by atoms with Crippen molar-refractivity contribution in [3.8, 4) is 0 Å². The van der Waals surface area contributed by atoms with E-state index in [2.05, 4.69) is 50.8 Å². The zero-order valence-electron chi connectivity index (χ0n) is 8.64. The summed E-state index contributed by atoms with van der Waals surface area (Å²) in [5, 5.41) is 0. The Morgan fingerprint density at radius 3 is 2.00 bits per heavy atom. The van der Waals surface area contributed by atoms with E-state index in [9.17, 15) is 0 Å². The first-order valence-electron chi connectivity index (χ1n) is 4.17. The van der Waals surface area contributed by atoms with Crippen LogP contribution in [0.25, 0.3) is 0 Å². The Bertz CT molecular complexity index is 282. The van der Waals surface area contributed by atoms with Crippen LogP contribution in [0.4, 0.5) is 0 Å². The summed E-state index contributed by atoms with van der Waals surface area (Å²) in [7, 11) is -0.556. The van der Waals surface area contributed by atoms with Crippen molar-refractivity contribution in [1.82, 2.24) is 0 Å². The topological polar surface area (TPSA) is 0 Å².